The average Bonchev–Trinajstić information content (AvgIpc) is 1.88. The summed E-state index contributed by atoms with van der Waals surface area (Å²) in [4.78, 5) is 13.5. The molecule has 0 unspecified atom stereocenters. The van der Waals surface area contributed by atoms with E-state index in [1.165, 1.54) is 18.3 Å². The number of aromatic nitrogens is 1. The quantitative estimate of drug-likeness (QED) is 0.586. The Morgan fingerprint density at radius 2 is 2.40 bits per heavy atom. The van der Waals surface area contributed by atoms with E-state index in [2.05, 4.69) is 4.98 Å². The first-order valence-electron chi connectivity index (χ1n) is 2.52. The Labute approximate surface area is 61.6 Å². The molecule has 0 amide bonds. The normalized spacial score (nSPS) is 9.40. The van der Waals surface area contributed by atoms with Crippen LogP contribution in [0.2, 0.25) is 5.02 Å². The van der Waals surface area contributed by atoms with Crippen LogP contribution >= 0.6 is 11.6 Å². The monoisotopic (exact) mass is 159 g/mol. The van der Waals surface area contributed by atoms with Crippen molar-refractivity contribution in [1.29, 1.82) is 0 Å². The number of hydrogen-bond donors (Lipinski definition) is 0. The molecule has 4 heteroatoms. The summed E-state index contributed by atoms with van der Waals surface area (Å²) in [5.74, 6) is 0. The molecule has 0 bridgehead atoms. The number of carbonyl (C=O) groups excluding carboxylic acids is 1. The zero-order valence-electron chi connectivity index (χ0n) is 4.84. The second kappa shape index (κ2) is 2.75. The predicted octanol–water partition coefficient (Wildman–Crippen LogP) is 1.84. The van der Waals surface area contributed by atoms with Gasteiger partial charge in [0.25, 0.3) is 0 Å². The predicted molar refractivity (Wildman–Crippen MR) is 34.7 cm³/mol. The van der Waals surface area contributed by atoms with E-state index < -0.39 is 6.04 Å². The van der Waals surface area contributed by atoms with Gasteiger partial charge in [0.15, 0.2) is 5.69 Å². The molecule has 0 fully saturated rings. The minimum absolute atomic E-state index is 0.0370. The molecule has 10 heavy (non-hydrogen) atoms. The lowest BCUT2D eigenvalue weighted by atomic mass is 10.4. The maximum atomic E-state index is 11.9. The summed E-state index contributed by atoms with van der Waals surface area (Å²) >= 11 is 5.40. The van der Waals surface area contributed by atoms with Crippen LogP contribution in [-0.4, -0.2) is 11.0 Å². The molecule has 52 valence electrons. The van der Waals surface area contributed by atoms with Crippen molar-refractivity contribution in [2.75, 3.05) is 0 Å². The minimum atomic E-state index is -1.61. The molecular formula is C6H3ClFNO. The first-order chi connectivity index (χ1) is 4.72. The fourth-order valence-electron chi connectivity index (χ4n) is 0.530. The largest absolute Gasteiger partial charge is 0.351 e. The zero-order valence-corrected chi connectivity index (χ0v) is 5.60. The Morgan fingerprint density at radius 3 is 2.80 bits per heavy atom. The molecule has 2 nitrogen and oxygen atoms in total. The van der Waals surface area contributed by atoms with Crippen molar-refractivity contribution in [3.63, 3.8) is 0 Å². The third kappa shape index (κ3) is 1.30. The Balaban J connectivity index is 3.15. The average molecular weight is 160 g/mol. The third-order valence-electron chi connectivity index (χ3n) is 0.945. The molecule has 0 N–H and O–H groups in total. The molecule has 0 aliphatic carbocycles. The fraction of sp³-hybridized carbons (Fsp3) is 0. The molecule has 0 aliphatic heterocycles. The molecule has 0 spiro atoms. The minimum Gasteiger partial charge on any atom is -0.253 e. The molecule has 1 rings (SSSR count). The molecule has 0 aliphatic rings. The van der Waals surface area contributed by atoms with Crippen molar-refractivity contribution in [2.45, 2.75) is 0 Å². The van der Waals surface area contributed by atoms with Crippen LogP contribution in [0.3, 0.4) is 0 Å². The molecule has 0 aromatic carbocycles. The van der Waals surface area contributed by atoms with Crippen LogP contribution in [0.1, 0.15) is 10.5 Å². The van der Waals surface area contributed by atoms with E-state index >= 15 is 0 Å². The van der Waals surface area contributed by atoms with E-state index in [1.807, 2.05) is 0 Å². The van der Waals surface area contributed by atoms with Crippen LogP contribution in [-0.2, 0) is 0 Å². The van der Waals surface area contributed by atoms with Crippen molar-refractivity contribution in [1.82, 2.24) is 4.98 Å². The maximum Gasteiger partial charge on any atom is 0.351 e. The summed E-state index contributed by atoms with van der Waals surface area (Å²) in [5.41, 5.74) is -0.329. The summed E-state index contributed by atoms with van der Waals surface area (Å²) in [6.45, 7) is 0. The van der Waals surface area contributed by atoms with Crippen LogP contribution in [0, 0.1) is 0 Å². The standard InChI is InChI=1S/C6H3ClFNO/c7-4-2-1-3-9-5(4)6(8)10/h1-3H. The second-order valence-corrected chi connectivity index (χ2v) is 2.01. The van der Waals surface area contributed by atoms with E-state index in [-0.39, 0.29) is 10.7 Å². The van der Waals surface area contributed by atoms with Crippen LogP contribution in [0.25, 0.3) is 0 Å². The SMILES string of the molecule is O=C(F)c1ncccc1Cl. The van der Waals surface area contributed by atoms with Gasteiger partial charge < -0.3 is 0 Å². The first-order valence-corrected chi connectivity index (χ1v) is 2.90. The van der Waals surface area contributed by atoms with Gasteiger partial charge in [0.2, 0.25) is 0 Å². The van der Waals surface area contributed by atoms with Crippen LogP contribution in [0.4, 0.5) is 4.39 Å². The van der Waals surface area contributed by atoms with Crippen LogP contribution in [0.5, 0.6) is 0 Å². The highest BCUT2D eigenvalue weighted by atomic mass is 35.5. The molecule has 1 heterocycles. The van der Waals surface area contributed by atoms with E-state index in [0.717, 1.165) is 0 Å². The van der Waals surface area contributed by atoms with Crippen molar-refractivity contribution in [3.05, 3.63) is 29.0 Å². The van der Waals surface area contributed by atoms with Crippen LogP contribution in [0.15, 0.2) is 18.3 Å². The van der Waals surface area contributed by atoms with Crippen molar-refractivity contribution in [3.8, 4) is 0 Å². The molecule has 0 saturated heterocycles. The van der Waals surface area contributed by atoms with Gasteiger partial charge in [-0.3, -0.25) is 4.79 Å². The fourth-order valence-corrected chi connectivity index (χ4v) is 0.726. The van der Waals surface area contributed by atoms with E-state index in [0.29, 0.717) is 0 Å². The van der Waals surface area contributed by atoms with Crippen molar-refractivity contribution < 1.29 is 9.18 Å². The number of rotatable bonds is 1. The number of pyridine rings is 1. The number of nitrogens with zero attached hydrogens (tertiary/aromatic N) is 1. The maximum absolute atomic E-state index is 11.9. The zero-order chi connectivity index (χ0) is 7.56. The van der Waals surface area contributed by atoms with Gasteiger partial charge in [-0.25, -0.2) is 4.98 Å². The highest BCUT2D eigenvalue weighted by Crippen LogP contribution is 2.12. The summed E-state index contributed by atoms with van der Waals surface area (Å²) < 4.78 is 11.9. The van der Waals surface area contributed by atoms with Crippen molar-refractivity contribution >= 4 is 17.6 Å². The highest BCUT2D eigenvalue weighted by Gasteiger charge is 2.08. The van der Waals surface area contributed by atoms with Crippen molar-refractivity contribution in [2.24, 2.45) is 0 Å². The van der Waals surface area contributed by atoms with Gasteiger partial charge in [-0.2, -0.15) is 4.39 Å². The topological polar surface area (TPSA) is 30.0 Å². The van der Waals surface area contributed by atoms with Crippen LogP contribution < -0.4 is 0 Å². The molecule has 1 aromatic heterocycles. The summed E-state index contributed by atoms with van der Waals surface area (Å²) in [6.07, 6.45) is 1.30. The van der Waals surface area contributed by atoms with Gasteiger partial charge >= 0.3 is 6.04 Å². The second-order valence-electron chi connectivity index (χ2n) is 1.61. The molecule has 0 radical (unpaired) electrons. The Hall–Kier alpha value is -0.960. The Morgan fingerprint density at radius 1 is 1.70 bits per heavy atom. The highest BCUT2D eigenvalue weighted by molar-refractivity contribution is 6.33. The molecule has 1 aromatic rings. The summed E-state index contributed by atoms with van der Waals surface area (Å²) in [5, 5.41) is 0.0370. The third-order valence-corrected chi connectivity index (χ3v) is 1.25. The lowest BCUT2D eigenvalue weighted by Gasteiger charge is -1.91. The van der Waals surface area contributed by atoms with E-state index in [9.17, 15) is 9.18 Å². The van der Waals surface area contributed by atoms with Gasteiger partial charge in [-0.1, -0.05) is 11.6 Å². The summed E-state index contributed by atoms with van der Waals surface area (Å²) in [6, 6.07) is 1.32. The van der Waals surface area contributed by atoms with Gasteiger partial charge in [-0.15, -0.1) is 0 Å². The Kier molecular flexibility index (Phi) is 1.97. The number of carbonyl (C=O) groups is 1. The molecule has 0 saturated carbocycles. The van der Waals surface area contributed by atoms with E-state index in [4.69, 9.17) is 11.6 Å². The van der Waals surface area contributed by atoms with Gasteiger partial charge in [0.1, 0.15) is 0 Å². The number of hydrogen-bond acceptors (Lipinski definition) is 2. The molecular weight excluding hydrogens is 157 g/mol. The number of halogens is 2. The lowest BCUT2D eigenvalue weighted by molar-refractivity contribution is 0.0830. The lowest BCUT2D eigenvalue weighted by Crippen LogP contribution is -1.94. The Bertz CT molecular complexity index is 264. The first kappa shape index (κ1) is 7.15. The van der Waals surface area contributed by atoms with Gasteiger partial charge in [-0.05, 0) is 12.1 Å². The smallest absolute Gasteiger partial charge is 0.253 e. The van der Waals surface area contributed by atoms with Gasteiger partial charge in [0, 0.05) is 6.20 Å². The van der Waals surface area contributed by atoms with Gasteiger partial charge in [0.05, 0.1) is 5.02 Å². The van der Waals surface area contributed by atoms with E-state index in [1.54, 1.807) is 0 Å². The summed E-state index contributed by atoms with van der Waals surface area (Å²) in [7, 11) is 0. The molecule has 0 atom stereocenters.